The van der Waals surface area contributed by atoms with Gasteiger partial charge in [0.1, 0.15) is 5.76 Å². The van der Waals surface area contributed by atoms with Gasteiger partial charge in [0.2, 0.25) is 6.79 Å². The highest BCUT2D eigenvalue weighted by Gasteiger charge is 2.35. The number of furan rings is 1. The van der Waals surface area contributed by atoms with E-state index in [4.69, 9.17) is 13.9 Å². The Morgan fingerprint density at radius 1 is 1.00 bits per heavy atom. The molecule has 1 saturated heterocycles. The van der Waals surface area contributed by atoms with Crippen molar-refractivity contribution in [1.82, 2.24) is 4.90 Å². The fraction of sp³-hybridized carbons (Fsp3) is 0.333. The first-order valence-corrected chi connectivity index (χ1v) is 12.2. The van der Waals surface area contributed by atoms with Gasteiger partial charge in [0.15, 0.2) is 11.5 Å². The number of piperidine rings is 1. The van der Waals surface area contributed by atoms with Crippen LogP contribution in [0.5, 0.6) is 11.5 Å². The van der Waals surface area contributed by atoms with Crippen LogP contribution in [0.15, 0.2) is 70.2 Å². The van der Waals surface area contributed by atoms with E-state index in [1.807, 2.05) is 31.2 Å². The number of benzene rings is 2. The minimum Gasteiger partial charge on any atom is -0.468 e. The molecule has 0 saturated carbocycles. The lowest BCUT2D eigenvalue weighted by atomic mass is 10.0. The summed E-state index contributed by atoms with van der Waals surface area (Å²) in [4.78, 5) is 2.63. The first kappa shape index (κ1) is 20.9. The van der Waals surface area contributed by atoms with E-state index in [0.29, 0.717) is 22.1 Å². The number of rotatable bonds is 6. The van der Waals surface area contributed by atoms with Gasteiger partial charge in [-0.15, -0.1) is 0 Å². The van der Waals surface area contributed by atoms with Gasteiger partial charge in [0.25, 0.3) is 10.0 Å². The van der Waals surface area contributed by atoms with Crippen LogP contribution in [0.2, 0.25) is 0 Å². The van der Waals surface area contributed by atoms with Gasteiger partial charge < -0.3 is 13.9 Å². The van der Waals surface area contributed by atoms with Crippen LogP contribution in [0.3, 0.4) is 0 Å². The zero-order chi connectivity index (χ0) is 22.1. The van der Waals surface area contributed by atoms with Crippen molar-refractivity contribution >= 4 is 15.7 Å². The lowest BCUT2D eigenvalue weighted by Crippen LogP contribution is -2.47. The van der Waals surface area contributed by atoms with Gasteiger partial charge in [0.05, 0.1) is 23.4 Å². The molecule has 8 heteroatoms. The number of likely N-dealkylation sites (tertiary alicyclic amines) is 1. The van der Waals surface area contributed by atoms with Crippen molar-refractivity contribution in [2.24, 2.45) is 0 Å². The number of sulfonamides is 1. The molecule has 7 nitrogen and oxygen atoms in total. The second-order valence-electron chi connectivity index (χ2n) is 8.19. The highest BCUT2D eigenvalue weighted by Crippen LogP contribution is 2.39. The van der Waals surface area contributed by atoms with Gasteiger partial charge >= 0.3 is 0 Å². The van der Waals surface area contributed by atoms with Crippen LogP contribution < -0.4 is 13.8 Å². The number of nitrogens with zero attached hydrogens (tertiary/aromatic N) is 2. The predicted octanol–water partition coefficient (Wildman–Crippen LogP) is 4.18. The van der Waals surface area contributed by atoms with Gasteiger partial charge in [-0.25, -0.2) is 8.42 Å². The summed E-state index contributed by atoms with van der Waals surface area (Å²) in [6.07, 6.45) is 3.12. The van der Waals surface area contributed by atoms with Crippen LogP contribution in [0.1, 0.15) is 24.2 Å². The molecule has 3 aromatic rings. The summed E-state index contributed by atoms with van der Waals surface area (Å²) in [6.45, 7) is 4.28. The smallest absolute Gasteiger partial charge is 0.264 e. The third-order valence-electron chi connectivity index (χ3n) is 6.09. The molecule has 2 aliphatic heterocycles. The van der Waals surface area contributed by atoms with E-state index in [9.17, 15) is 8.42 Å². The van der Waals surface area contributed by atoms with E-state index in [-0.39, 0.29) is 12.8 Å². The zero-order valence-electron chi connectivity index (χ0n) is 17.9. The summed E-state index contributed by atoms with van der Waals surface area (Å²) in [5, 5.41) is 0. The Balaban J connectivity index is 1.46. The van der Waals surface area contributed by atoms with Crippen LogP contribution in [0, 0.1) is 6.92 Å². The minimum atomic E-state index is -3.77. The molecule has 1 aromatic heterocycles. The van der Waals surface area contributed by atoms with E-state index >= 15 is 0 Å². The lowest BCUT2D eigenvalue weighted by molar-refractivity contribution is 0.174. The zero-order valence-corrected chi connectivity index (χ0v) is 18.8. The molecule has 5 rings (SSSR count). The number of ether oxygens (including phenoxy) is 2. The van der Waals surface area contributed by atoms with Gasteiger partial charge in [0, 0.05) is 25.2 Å². The summed E-state index contributed by atoms with van der Waals surface area (Å²) in [7, 11) is -3.77. The Labute approximate surface area is 188 Å². The standard InChI is InChI=1S/C24H26N2O5S/c1-18-5-2-3-7-24(18)32(27,28)26(20-8-9-22-23(15-20)31-17-30-22)19-10-12-25(13-11-19)16-21-6-4-14-29-21/h2-9,14-15,19H,10-13,16-17H2,1H3. The summed E-state index contributed by atoms with van der Waals surface area (Å²) >= 11 is 0. The Morgan fingerprint density at radius 3 is 2.53 bits per heavy atom. The van der Waals surface area contributed by atoms with E-state index < -0.39 is 10.0 Å². The van der Waals surface area contributed by atoms with Crippen molar-refractivity contribution in [3.63, 3.8) is 0 Å². The van der Waals surface area contributed by atoms with Crippen LogP contribution >= 0.6 is 0 Å². The predicted molar refractivity (Wildman–Crippen MR) is 120 cm³/mol. The lowest BCUT2D eigenvalue weighted by Gasteiger charge is -2.39. The van der Waals surface area contributed by atoms with Gasteiger partial charge in [-0.3, -0.25) is 9.21 Å². The number of fused-ring (bicyclic) bond motifs is 1. The maximum Gasteiger partial charge on any atom is 0.264 e. The SMILES string of the molecule is Cc1ccccc1S(=O)(=O)N(c1ccc2c(c1)OCO2)C1CCN(Cc2ccco2)CC1. The molecule has 1 fully saturated rings. The summed E-state index contributed by atoms with van der Waals surface area (Å²) < 4.78 is 45.8. The normalized spacial score (nSPS) is 16.9. The van der Waals surface area contributed by atoms with E-state index in [1.54, 1.807) is 40.9 Å². The molecule has 2 aromatic carbocycles. The van der Waals surface area contributed by atoms with Crippen molar-refractivity contribution in [2.45, 2.75) is 37.2 Å². The molecule has 0 unspecified atom stereocenters. The Hall–Kier alpha value is -2.97. The number of hydrogen-bond acceptors (Lipinski definition) is 6. The first-order chi connectivity index (χ1) is 15.5. The van der Waals surface area contributed by atoms with Crippen LogP contribution in [-0.2, 0) is 16.6 Å². The number of hydrogen-bond donors (Lipinski definition) is 0. The third-order valence-corrected chi connectivity index (χ3v) is 8.13. The van der Waals surface area contributed by atoms with Crippen LogP contribution in [0.4, 0.5) is 5.69 Å². The number of anilines is 1. The summed E-state index contributed by atoms with van der Waals surface area (Å²) in [5.74, 6) is 2.13. The summed E-state index contributed by atoms with van der Waals surface area (Å²) in [6, 6.07) is 16.2. The van der Waals surface area contributed by atoms with E-state index in [0.717, 1.165) is 43.8 Å². The maximum absolute atomic E-state index is 13.9. The quantitative estimate of drug-likeness (QED) is 0.557. The molecule has 0 amide bonds. The molecule has 0 radical (unpaired) electrons. The van der Waals surface area contributed by atoms with Crippen molar-refractivity contribution in [3.8, 4) is 11.5 Å². The topological polar surface area (TPSA) is 72.2 Å². The van der Waals surface area contributed by atoms with Crippen LogP contribution in [0.25, 0.3) is 0 Å². The average molecular weight is 455 g/mol. The fourth-order valence-electron chi connectivity index (χ4n) is 4.45. The molecule has 32 heavy (non-hydrogen) atoms. The maximum atomic E-state index is 13.9. The summed E-state index contributed by atoms with van der Waals surface area (Å²) in [5.41, 5.74) is 1.33. The molecule has 0 spiro atoms. The first-order valence-electron chi connectivity index (χ1n) is 10.8. The van der Waals surface area contributed by atoms with Crippen LogP contribution in [-0.4, -0.2) is 39.2 Å². The molecular formula is C24H26N2O5S. The molecule has 0 atom stereocenters. The van der Waals surface area contributed by atoms with E-state index in [1.165, 1.54) is 0 Å². The minimum absolute atomic E-state index is 0.147. The molecule has 2 aliphatic rings. The van der Waals surface area contributed by atoms with Gasteiger partial charge in [-0.05, 0) is 55.7 Å². The highest BCUT2D eigenvalue weighted by molar-refractivity contribution is 7.93. The molecule has 0 N–H and O–H groups in total. The Morgan fingerprint density at radius 2 is 1.78 bits per heavy atom. The van der Waals surface area contributed by atoms with Crippen molar-refractivity contribution in [1.29, 1.82) is 0 Å². The molecule has 0 aliphatic carbocycles. The molecule has 3 heterocycles. The monoisotopic (exact) mass is 454 g/mol. The Kier molecular flexibility index (Phi) is 5.57. The second-order valence-corrected chi connectivity index (χ2v) is 9.97. The van der Waals surface area contributed by atoms with Gasteiger partial charge in [-0.1, -0.05) is 18.2 Å². The fourth-order valence-corrected chi connectivity index (χ4v) is 6.39. The highest BCUT2D eigenvalue weighted by atomic mass is 32.2. The van der Waals surface area contributed by atoms with Crippen molar-refractivity contribution < 1.29 is 22.3 Å². The second kappa shape index (κ2) is 8.52. The van der Waals surface area contributed by atoms with Crippen molar-refractivity contribution in [2.75, 3.05) is 24.2 Å². The average Bonchev–Trinajstić information content (AvgIpc) is 3.47. The third kappa shape index (κ3) is 3.96. The molecular weight excluding hydrogens is 428 g/mol. The Bertz CT molecular complexity index is 1180. The molecule has 0 bridgehead atoms. The van der Waals surface area contributed by atoms with E-state index in [2.05, 4.69) is 4.90 Å². The number of aryl methyl sites for hydroxylation is 1. The molecule has 168 valence electrons. The van der Waals surface area contributed by atoms with Crippen molar-refractivity contribution in [3.05, 3.63) is 72.2 Å². The van der Waals surface area contributed by atoms with Gasteiger partial charge in [-0.2, -0.15) is 0 Å². The largest absolute Gasteiger partial charge is 0.468 e.